The topological polar surface area (TPSA) is 46.2 Å². The second-order valence-corrected chi connectivity index (χ2v) is 6.92. The summed E-state index contributed by atoms with van der Waals surface area (Å²) in [6, 6.07) is 2.90. The van der Waals surface area contributed by atoms with Gasteiger partial charge in [0.1, 0.15) is 11.6 Å². The summed E-state index contributed by atoms with van der Waals surface area (Å²) in [5, 5.41) is 3.09. The van der Waals surface area contributed by atoms with E-state index < -0.39 is 21.5 Å². The van der Waals surface area contributed by atoms with Crippen molar-refractivity contribution in [3.8, 4) is 0 Å². The van der Waals surface area contributed by atoms with Crippen LogP contribution in [-0.4, -0.2) is 26.0 Å². The molecule has 6 heteroatoms. The van der Waals surface area contributed by atoms with Gasteiger partial charge in [0.2, 0.25) is 0 Å². The van der Waals surface area contributed by atoms with Gasteiger partial charge in [-0.1, -0.05) is 0 Å². The highest BCUT2D eigenvalue weighted by Crippen LogP contribution is 2.19. The van der Waals surface area contributed by atoms with Gasteiger partial charge in [0, 0.05) is 18.2 Å². The van der Waals surface area contributed by atoms with Crippen LogP contribution < -0.4 is 5.32 Å². The van der Waals surface area contributed by atoms with E-state index in [1.165, 1.54) is 12.1 Å². The molecule has 1 aliphatic heterocycles. The van der Waals surface area contributed by atoms with Gasteiger partial charge in [0.05, 0.1) is 11.5 Å². The van der Waals surface area contributed by atoms with Gasteiger partial charge >= 0.3 is 0 Å². The summed E-state index contributed by atoms with van der Waals surface area (Å²) in [5.74, 6) is -0.986. The third-order valence-electron chi connectivity index (χ3n) is 3.10. The molecular weight excluding hydrogens is 260 g/mol. The Morgan fingerprint density at radius 3 is 2.39 bits per heavy atom. The maximum absolute atomic E-state index is 13.1. The molecule has 18 heavy (non-hydrogen) atoms. The zero-order valence-electron chi connectivity index (χ0n) is 9.99. The lowest BCUT2D eigenvalue weighted by molar-refractivity contribution is 0.478. The highest BCUT2D eigenvalue weighted by molar-refractivity contribution is 7.91. The Labute approximate surface area is 105 Å². The van der Waals surface area contributed by atoms with E-state index in [0.29, 0.717) is 12.0 Å². The van der Waals surface area contributed by atoms with Crippen LogP contribution in [0.3, 0.4) is 0 Å². The maximum Gasteiger partial charge on any atom is 0.151 e. The Bertz CT molecular complexity index is 525. The van der Waals surface area contributed by atoms with Crippen LogP contribution in [0, 0.1) is 11.6 Å². The van der Waals surface area contributed by atoms with E-state index in [4.69, 9.17) is 0 Å². The van der Waals surface area contributed by atoms with Crippen LogP contribution in [0.25, 0.3) is 0 Å². The van der Waals surface area contributed by atoms with Crippen molar-refractivity contribution in [1.29, 1.82) is 0 Å². The Morgan fingerprint density at radius 1 is 1.28 bits per heavy atom. The van der Waals surface area contributed by atoms with Crippen molar-refractivity contribution >= 4 is 9.84 Å². The van der Waals surface area contributed by atoms with Gasteiger partial charge in [-0.3, -0.25) is 0 Å². The highest BCUT2D eigenvalue weighted by Gasteiger charge is 2.28. The Hall–Kier alpha value is -1.01. The molecule has 1 fully saturated rings. The van der Waals surface area contributed by atoms with Crippen LogP contribution in [-0.2, 0) is 9.84 Å². The fraction of sp³-hybridized carbons (Fsp3) is 0.500. The monoisotopic (exact) mass is 275 g/mol. The first kappa shape index (κ1) is 13.4. The summed E-state index contributed by atoms with van der Waals surface area (Å²) in [6.45, 7) is 1.76. The van der Waals surface area contributed by atoms with Crippen molar-refractivity contribution < 1.29 is 17.2 Å². The van der Waals surface area contributed by atoms with Crippen LogP contribution in [0.1, 0.15) is 24.9 Å². The molecule has 3 nitrogen and oxygen atoms in total. The number of benzene rings is 1. The lowest BCUT2D eigenvalue weighted by Crippen LogP contribution is -2.32. The average Bonchev–Trinajstić information content (AvgIpc) is 2.56. The molecular formula is C12H15F2NO2S. The van der Waals surface area contributed by atoms with Crippen molar-refractivity contribution in [3.05, 3.63) is 35.4 Å². The predicted octanol–water partition coefficient (Wildman–Crippen LogP) is 1.80. The molecule has 0 aromatic heterocycles. The number of halogens is 2. The van der Waals surface area contributed by atoms with Crippen molar-refractivity contribution in [2.45, 2.75) is 25.4 Å². The molecule has 0 radical (unpaired) electrons. The van der Waals surface area contributed by atoms with Crippen molar-refractivity contribution in [2.24, 2.45) is 0 Å². The van der Waals surface area contributed by atoms with E-state index in [1.807, 2.05) is 0 Å². The number of rotatable bonds is 3. The molecule has 100 valence electrons. The first-order valence-electron chi connectivity index (χ1n) is 5.78. The molecule has 1 saturated heterocycles. The minimum atomic E-state index is -2.95. The molecule has 2 rings (SSSR count). The fourth-order valence-electron chi connectivity index (χ4n) is 2.20. The molecule has 1 N–H and O–H groups in total. The van der Waals surface area contributed by atoms with Gasteiger partial charge in [0.25, 0.3) is 0 Å². The third kappa shape index (κ3) is 3.26. The van der Waals surface area contributed by atoms with Crippen LogP contribution >= 0.6 is 0 Å². The Balaban J connectivity index is 2.06. The number of hydrogen-bond donors (Lipinski definition) is 1. The summed E-state index contributed by atoms with van der Waals surface area (Å²) >= 11 is 0. The van der Waals surface area contributed by atoms with E-state index in [9.17, 15) is 17.2 Å². The van der Waals surface area contributed by atoms with E-state index in [-0.39, 0.29) is 23.6 Å². The molecule has 1 aromatic rings. The molecule has 1 aromatic carbocycles. The largest absolute Gasteiger partial charge is 0.306 e. The number of hydrogen-bond acceptors (Lipinski definition) is 3. The lowest BCUT2D eigenvalue weighted by atomic mass is 10.1. The first-order valence-corrected chi connectivity index (χ1v) is 7.60. The van der Waals surface area contributed by atoms with Crippen molar-refractivity contribution in [3.63, 3.8) is 0 Å². The quantitative estimate of drug-likeness (QED) is 0.915. The van der Waals surface area contributed by atoms with Gasteiger partial charge in [-0.2, -0.15) is 0 Å². The smallest absolute Gasteiger partial charge is 0.151 e. The van der Waals surface area contributed by atoms with E-state index in [2.05, 4.69) is 5.32 Å². The van der Waals surface area contributed by atoms with Gasteiger partial charge in [-0.15, -0.1) is 0 Å². The summed E-state index contributed by atoms with van der Waals surface area (Å²) in [5.41, 5.74) is 0.483. The third-order valence-corrected chi connectivity index (χ3v) is 4.87. The minimum absolute atomic E-state index is 0.0924. The second-order valence-electron chi connectivity index (χ2n) is 4.69. The Kier molecular flexibility index (Phi) is 3.68. The van der Waals surface area contributed by atoms with Crippen LogP contribution in [0.2, 0.25) is 0 Å². The van der Waals surface area contributed by atoms with E-state index in [0.717, 1.165) is 6.07 Å². The van der Waals surface area contributed by atoms with Crippen molar-refractivity contribution in [1.82, 2.24) is 5.32 Å². The van der Waals surface area contributed by atoms with Crippen LogP contribution in [0.15, 0.2) is 18.2 Å². The van der Waals surface area contributed by atoms with Gasteiger partial charge in [0.15, 0.2) is 9.84 Å². The summed E-state index contributed by atoms with van der Waals surface area (Å²) < 4.78 is 48.7. The summed E-state index contributed by atoms with van der Waals surface area (Å²) in [7, 11) is -2.95. The molecule has 2 unspecified atom stereocenters. The SMILES string of the molecule is CC(NC1CCS(=O)(=O)C1)c1cc(F)cc(F)c1. The van der Waals surface area contributed by atoms with Crippen LogP contribution in [0.4, 0.5) is 8.78 Å². The molecule has 0 amide bonds. The fourth-order valence-corrected chi connectivity index (χ4v) is 3.89. The van der Waals surface area contributed by atoms with Crippen LogP contribution in [0.5, 0.6) is 0 Å². The van der Waals surface area contributed by atoms with Gasteiger partial charge in [-0.25, -0.2) is 17.2 Å². The zero-order valence-corrected chi connectivity index (χ0v) is 10.8. The van der Waals surface area contributed by atoms with E-state index >= 15 is 0 Å². The molecule has 2 atom stereocenters. The number of nitrogens with one attached hydrogen (secondary N) is 1. The predicted molar refractivity (Wildman–Crippen MR) is 65.0 cm³/mol. The molecule has 0 bridgehead atoms. The minimum Gasteiger partial charge on any atom is -0.306 e. The molecule has 0 aliphatic carbocycles. The molecule has 1 heterocycles. The second kappa shape index (κ2) is 4.93. The summed E-state index contributed by atoms with van der Waals surface area (Å²) in [4.78, 5) is 0. The zero-order chi connectivity index (χ0) is 13.3. The lowest BCUT2D eigenvalue weighted by Gasteiger charge is -2.18. The number of sulfone groups is 1. The summed E-state index contributed by atoms with van der Waals surface area (Å²) in [6.07, 6.45) is 0.546. The van der Waals surface area contributed by atoms with E-state index in [1.54, 1.807) is 6.92 Å². The van der Waals surface area contributed by atoms with Gasteiger partial charge in [-0.05, 0) is 31.0 Å². The standard InChI is InChI=1S/C12H15F2NO2S/c1-8(9-4-10(13)6-11(14)5-9)15-12-2-3-18(16,17)7-12/h4-6,8,12,15H,2-3,7H2,1H3. The molecule has 1 aliphatic rings. The van der Waals surface area contributed by atoms with Gasteiger partial charge < -0.3 is 5.32 Å². The van der Waals surface area contributed by atoms with Crippen molar-refractivity contribution in [2.75, 3.05) is 11.5 Å². The average molecular weight is 275 g/mol. The maximum atomic E-state index is 13.1. The molecule has 0 spiro atoms. The highest BCUT2D eigenvalue weighted by atomic mass is 32.2. The Morgan fingerprint density at radius 2 is 1.89 bits per heavy atom. The normalized spacial score (nSPS) is 24.1. The first-order chi connectivity index (χ1) is 8.35. The molecule has 0 saturated carbocycles.